The van der Waals surface area contributed by atoms with Gasteiger partial charge in [0, 0.05) is 18.2 Å². The second-order valence-corrected chi connectivity index (χ2v) is 8.02. The van der Waals surface area contributed by atoms with Crippen LogP contribution in [0.3, 0.4) is 0 Å². The van der Waals surface area contributed by atoms with Crippen molar-refractivity contribution in [1.82, 2.24) is 4.98 Å². The van der Waals surface area contributed by atoms with E-state index in [1.165, 1.54) is 10.4 Å². The molecular weight excluding hydrogens is 378 g/mol. The van der Waals surface area contributed by atoms with Crippen LogP contribution in [0.1, 0.15) is 18.4 Å². The third kappa shape index (κ3) is 3.10. The first-order chi connectivity index (χ1) is 13.5. The maximum atomic E-state index is 13.1. The number of benzene rings is 1. The number of nitrogens with zero attached hydrogens (tertiary/aromatic N) is 3. The number of fused-ring (bicyclic) bond motifs is 1. The summed E-state index contributed by atoms with van der Waals surface area (Å²) in [6.45, 7) is 2.34. The van der Waals surface area contributed by atoms with Gasteiger partial charge in [-0.25, -0.2) is 4.98 Å². The molecule has 142 valence electrons. The average molecular weight is 395 g/mol. The van der Waals surface area contributed by atoms with Gasteiger partial charge in [0.1, 0.15) is 29.9 Å². The molecule has 0 bridgehead atoms. The molecule has 0 saturated carbocycles. The van der Waals surface area contributed by atoms with Gasteiger partial charge in [-0.3, -0.25) is 4.31 Å². The lowest BCUT2D eigenvalue weighted by Gasteiger charge is -2.30. The van der Waals surface area contributed by atoms with E-state index < -0.39 is 10.0 Å². The molecule has 0 amide bonds. The van der Waals surface area contributed by atoms with E-state index in [9.17, 15) is 8.42 Å². The maximum absolute atomic E-state index is 13.1. The van der Waals surface area contributed by atoms with E-state index in [0.717, 1.165) is 11.1 Å². The van der Waals surface area contributed by atoms with Crippen LogP contribution in [0, 0.1) is 11.3 Å². The Morgan fingerprint density at radius 3 is 2.68 bits per heavy atom. The summed E-state index contributed by atoms with van der Waals surface area (Å²) in [5.74, 6) is 1.10. The normalized spacial score (nSPS) is 13.5. The number of sulfonamides is 1. The van der Waals surface area contributed by atoms with E-state index in [-0.39, 0.29) is 18.2 Å². The Hall–Kier alpha value is -3.31. The molecule has 0 aliphatic carbocycles. The van der Waals surface area contributed by atoms with Crippen molar-refractivity contribution in [3.8, 4) is 22.9 Å². The fourth-order valence-corrected chi connectivity index (χ4v) is 4.43. The molecule has 1 aromatic carbocycles. The Bertz CT molecular complexity index is 1160. The number of rotatable bonds is 4. The number of anilines is 1. The van der Waals surface area contributed by atoms with Gasteiger partial charge < -0.3 is 9.15 Å². The predicted octanol–water partition coefficient (Wildman–Crippen LogP) is 3.36. The van der Waals surface area contributed by atoms with Gasteiger partial charge >= 0.3 is 0 Å². The lowest BCUT2D eigenvalue weighted by atomic mass is 10.1. The minimum absolute atomic E-state index is 0.0809. The highest BCUT2D eigenvalue weighted by Crippen LogP contribution is 2.38. The Morgan fingerprint density at radius 1 is 1.18 bits per heavy atom. The molecule has 0 radical (unpaired) electrons. The summed E-state index contributed by atoms with van der Waals surface area (Å²) in [6, 6.07) is 13.9. The molecule has 2 aromatic heterocycles. The van der Waals surface area contributed by atoms with Gasteiger partial charge in [-0.05, 0) is 42.0 Å². The van der Waals surface area contributed by atoms with Crippen LogP contribution in [0.25, 0.3) is 11.1 Å². The molecule has 28 heavy (non-hydrogen) atoms. The monoisotopic (exact) mass is 395 g/mol. The minimum Gasteiger partial charge on any atom is -0.489 e. The number of pyridine rings is 1. The van der Waals surface area contributed by atoms with Gasteiger partial charge in [0.15, 0.2) is 0 Å². The average Bonchev–Trinajstić information content (AvgIpc) is 3.23. The molecule has 3 heterocycles. The van der Waals surface area contributed by atoms with Crippen LogP contribution in [0.15, 0.2) is 58.2 Å². The molecule has 0 spiro atoms. The SMILES string of the molecule is CCc1ccc(S(=O)(=O)N2CCOc3ccc(-c4ccc(C#N)nc4)cc32)o1. The number of furan rings is 1. The quantitative estimate of drug-likeness (QED) is 0.672. The highest BCUT2D eigenvalue weighted by molar-refractivity contribution is 7.92. The first-order valence-corrected chi connectivity index (χ1v) is 10.2. The van der Waals surface area contributed by atoms with Crippen molar-refractivity contribution in [2.24, 2.45) is 0 Å². The van der Waals surface area contributed by atoms with E-state index in [4.69, 9.17) is 14.4 Å². The molecule has 8 heteroatoms. The van der Waals surface area contributed by atoms with Gasteiger partial charge in [-0.2, -0.15) is 13.7 Å². The largest absolute Gasteiger partial charge is 0.489 e. The third-order valence-electron chi connectivity index (χ3n) is 4.52. The molecule has 7 nitrogen and oxygen atoms in total. The Labute approximate surface area is 162 Å². The molecule has 4 rings (SSSR count). The molecule has 1 aliphatic rings. The van der Waals surface area contributed by atoms with Crippen molar-refractivity contribution in [2.75, 3.05) is 17.5 Å². The third-order valence-corrected chi connectivity index (χ3v) is 6.21. The second-order valence-electron chi connectivity index (χ2n) is 6.23. The summed E-state index contributed by atoms with van der Waals surface area (Å²) in [5, 5.41) is 8.82. The molecule has 0 unspecified atom stereocenters. The van der Waals surface area contributed by atoms with Gasteiger partial charge in [0.2, 0.25) is 5.09 Å². The minimum atomic E-state index is -3.85. The number of hydrogen-bond acceptors (Lipinski definition) is 6. The van der Waals surface area contributed by atoms with E-state index in [2.05, 4.69) is 4.98 Å². The van der Waals surface area contributed by atoms with Crippen molar-refractivity contribution in [3.05, 3.63) is 60.1 Å². The summed E-state index contributed by atoms with van der Waals surface area (Å²) in [7, 11) is -3.85. The van der Waals surface area contributed by atoms with Crippen LogP contribution in [0.4, 0.5) is 5.69 Å². The van der Waals surface area contributed by atoms with Gasteiger partial charge in [0.05, 0.1) is 12.2 Å². The number of hydrogen-bond donors (Lipinski definition) is 0. The Balaban J connectivity index is 1.76. The predicted molar refractivity (Wildman–Crippen MR) is 103 cm³/mol. The second kappa shape index (κ2) is 7.02. The van der Waals surface area contributed by atoms with Crippen molar-refractivity contribution in [1.29, 1.82) is 5.26 Å². The molecule has 0 N–H and O–H groups in total. The summed E-state index contributed by atoms with van der Waals surface area (Å²) in [5.41, 5.74) is 2.31. The first-order valence-electron chi connectivity index (χ1n) is 8.78. The molecule has 0 fully saturated rings. The van der Waals surface area contributed by atoms with E-state index in [0.29, 0.717) is 29.3 Å². The van der Waals surface area contributed by atoms with Crippen molar-refractivity contribution < 1.29 is 17.6 Å². The maximum Gasteiger partial charge on any atom is 0.298 e. The van der Waals surface area contributed by atoms with Crippen molar-refractivity contribution >= 4 is 15.7 Å². The molecule has 0 saturated heterocycles. The fraction of sp³-hybridized carbons (Fsp3) is 0.200. The topological polar surface area (TPSA) is 96.4 Å². The van der Waals surface area contributed by atoms with Crippen LogP contribution in [-0.4, -0.2) is 26.6 Å². The van der Waals surface area contributed by atoms with Gasteiger partial charge in [-0.15, -0.1) is 0 Å². The van der Waals surface area contributed by atoms with Gasteiger partial charge in [-0.1, -0.05) is 13.0 Å². The van der Waals surface area contributed by atoms with E-state index in [1.807, 2.05) is 19.1 Å². The Kier molecular flexibility index (Phi) is 4.53. The lowest BCUT2D eigenvalue weighted by molar-refractivity contribution is 0.315. The molecule has 1 aliphatic heterocycles. The summed E-state index contributed by atoms with van der Waals surface area (Å²) < 4.78 is 38.7. The van der Waals surface area contributed by atoms with Crippen LogP contribution in [0.2, 0.25) is 0 Å². The summed E-state index contributed by atoms with van der Waals surface area (Å²) in [6.07, 6.45) is 2.20. The Morgan fingerprint density at radius 2 is 2.00 bits per heavy atom. The highest BCUT2D eigenvalue weighted by atomic mass is 32.2. The zero-order valence-electron chi connectivity index (χ0n) is 15.1. The van der Waals surface area contributed by atoms with Crippen LogP contribution in [0.5, 0.6) is 5.75 Å². The summed E-state index contributed by atoms with van der Waals surface area (Å²) >= 11 is 0. The van der Waals surface area contributed by atoms with Crippen molar-refractivity contribution in [2.45, 2.75) is 18.4 Å². The number of ether oxygens (including phenoxy) is 1. The molecular formula is C20H17N3O4S. The molecule has 3 aromatic rings. The zero-order valence-corrected chi connectivity index (χ0v) is 15.9. The van der Waals surface area contributed by atoms with Crippen LogP contribution in [-0.2, 0) is 16.4 Å². The highest BCUT2D eigenvalue weighted by Gasteiger charge is 2.32. The van der Waals surface area contributed by atoms with E-state index in [1.54, 1.807) is 36.5 Å². The smallest absolute Gasteiger partial charge is 0.298 e. The van der Waals surface area contributed by atoms with Crippen molar-refractivity contribution in [3.63, 3.8) is 0 Å². The standard InChI is InChI=1S/C20H17N3O4S/c1-2-17-6-8-20(27-17)28(24,25)23-9-10-26-19-7-4-14(11-18(19)23)15-3-5-16(12-21)22-13-15/h3-8,11,13H,2,9-10H2,1H3. The number of nitriles is 1. The fourth-order valence-electron chi connectivity index (χ4n) is 3.05. The molecule has 0 atom stereocenters. The lowest BCUT2D eigenvalue weighted by Crippen LogP contribution is -2.37. The number of aryl methyl sites for hydroxylation is 1. The van der Waals surface area contributed by atoms with Crippen LogP contribution >= 0.6 is 0 Å². The summed E-state index contributed by atoms with van der Waals surface area (Å²) in [4.78, 5) is 4.07. The van der Waals surface area contributed by atoms with Crippen LogP contribution < -0.4 is 9.04 Å². The first kappa shape index (κ1) is 18.1. The van der Waals surface area contributed by atoms with Gasteiger partial charge in [0.25, 0.3) is 10.0 Å². The zero-order chi connectivity index (χ0) is 19.7. The van der Waals surface area contributed by atoms with E-state index >= 15 is 0 Å². The number of aromatic nitrogens is 1.